The molecule has 0 radical (unpaired) electrons. The average molecular weight is 423 g/mol. The van der Waals surface area contributed by atoms with E-state index < -0.39 is 0 Å². The number of hydrogen-bond acceptors (Lipinski definition) is 4. The summed E-state index contributed by atoms with van der Waals surface area (Å²) in [6, 6.07) is 13.2. The van der Waals surface area contributed by atoms with Crippen LogP contribution in [-0.2, 0) is 4.79 Å². The third-order valence-corrected chi connectivity index (χ3v) is 6.57. The van der Waals surface area contributed by atoms with Crippen LogP contribution in [0.3, 0.4) is 0 Å². The zero-order chi connectivity index (χ0) is 21.3. The number of amides is 2. The van der Waals surface area contributed by atoms with Crippen molar-refractivity contribution in [2.75, 3.05) is 25.5 Å². The van der Waals surface area contributed by atoms with Gasteiger partial charge in [-0.25, -0.2) is 0 Å². The number of methoxy groups -OCH3 is 1. The van der Waals surface area contributed by atoms with E-state index in [-0.39, 0.29) is 11.8 Å². The molecule has 5 nitrogen and oxygen atoms in total. The Hall–Kier alpha value is -2.73. The maximum absolute atomic E-state index is 13.0. The number of nitrogens with one attached hydrogen (secondary N) is 1. The fraction of sp³-hybridized carbons (Fsp3) is 0.333. The number of benzene rings is 2. The molecule has 0 saturated carbocycles. The van der Waals surface area contributed by atoms with Crippen LogP contribution in [0.4, 0.5) is 5.69 Å². The lowest BCUT2D eigenvalue weighted by atomic mass is 9.91. The number of nitrogens with zero attached hydrogens (tertiary/aromatic N) is 1. The predicted octanol–water partition coefficient (Wildman–Crippen LogP) is 4.90. The summed E-state index contributed by atoms with van der Waals surface area (Å²) in [6.45, 7) is 5.95. The second-order valence-corrected chi connectivity index (χ2v) is 9.29. The Morgan fingerprint density at radius 3 is 2.67 bits per heavy atom. The van der Waals surface area contributed by atoms with Crippen LogP contribution in [0.2, 0.25) is 0 Å². The van der Waals surface area contributed by atoms with Crippen LogP contribution in [0.25, 0.3) is 6.08 Å². The Morgan fingerprint density at radius 2 is 1.93 bits per heavy atom. The summed E-state index contributed by atoms with van der Waals surface area (Å²) in [5.74, 6) is 1.63. The standard InChI is InChI=1S/C24H26N2O3S/c1-15-9-16(2)14-26(13-15)24(28)18-7-8-21-20(12-18)25-23(27)22(30-21)11-17-5-4-6-19(10-17)29-3/h4-8,10-12,15-16H,9,13-14H2,1-3H3,(H,25,27)/b22-11+/t15-,16-/m0/s1. The van der Waals surface area contributed by atoms with Crippen LogP contribution in [-0.4, -0.2) is 36.9 Å². The summed E-state index contributed by atoms with van der Waals surface area (Å²) in [4.78, 5) is 29.1. The molecule has 2 atom stereocenters. The van der Waals surface area contributed by atoms with Crippen molar-refractivity contribution in [1.82, 2.24) is 4.90 Å². The van der Waals surface area contributed by atoms with Gasteiger partial charge in [-0.15, -0.1) is 0 Å². The molecule has 2 amide bonds. The Bertz CT molecular complexity index is 1010. The van der Waals surface area contributed by atoms with Crippen molar-refractivity contribution in [1.29, 1.82) is 0 Å². The molecule has 2 aromatic carbocycles. The molecule has 2 aliphatic rings. The van der Waals surface area contributed by atoms with E-state index in [1.165, 1.54) is 11.8 Å². The Balaban J connectivity index is 1.55. The predicted molar refractivity (Wildman–Crippen MR) is 121 cm³/mol. The van der Waals surface area contributed by atoms with E-state index in [0.29, 0.717) is 28.0 Å². The fourth-order valence-electron chi connectivity index (χ4n) is 4.19. The molecule has 0 spiro atoms. The first-order valence-corrected chi connectivity index (χ1v) is 11.0. The monoisotopic (exact) mass is 422 g/mol. The highest BCUT2D eigenvalue weighted by molar-refractivity contribution is 8.04. The number of anilines is 1. The van der Waals surface area contributed by atoms with E-state index in [1.807, 2.05) is 47.4 Å². The molecule has 0 aromatic heterocycles. The van der Waals surface area contributed by atoms with Crippen molar-refractivity contribution in [3.05, 3.63) is 58.5 Å². The zero-order valence-electron chi connectivity index (χ0n) is 17.5. The van der Waals surface area contributed by atoms with E-state index in [9.17, 15) is 9.59 Å². The van der Waals surface area contributed by atoms with Crippen molar-refractivity contribution in [3.63, 3.8) is 0 Å². The summed E-state index contributed by atoms with van der Waals surface area (Å²) < 4.78 is 5.25. The lowest BCUT2D eigenvalue weighted by Crippen LogP contribution is -2.42. The molecule has 1 N–H and O–H groups in total. The molecule has 1 fully saturated rings. The number of thioether (sulfide) groups is 1. The van der Waals surface area contributed by atoms with Crippen LogP contribution < -0.4 is 10.1 Å². The van der Waals surface area contributed by atoms with Gasteiger partial charge in [0, 0.05) is 23.5 Å². The summed E-state index contributed by atoms with van der Waals surface area (Å²) in [5, 5.41) is 2.94. The molecular weight excluding hydrogens is 396 g/mol. The highest BCUT2D eigenvalue weighted by Crippen LogP contribution is 2.39. The van der Waals surface area contributed by atoms with Crippen LogP contribution in [0.5, 0.6) is 5.75 Å². The second kappa shape index (κ2) is 8.56. The fourth-order valence-corrected chi connectivity index (χ4v) is 5.12. The van der Waals surface area contributed by atoms with Crippen LogP contribution in [0.1, 0.15) is 36.2 Å². The van der Waals surface area contributed by atoms with Gasteiger partial charge in [0.15, 0.2) is 0 Å². The topological polar surface area (TPSA) is 58.6 Å². The molecule has 1 saturated heterocycles. The van der Waals surface area contributed by atoms with Gasteiger partial charge in [-0.1, -0.05) is 37.7 Å². The normalized spacial score (nSPS) is 22.4. The van der Waals surface area contributed by atoms with Crippen LogP contribution in [0.15, 0.2) is 52.3 Å². The maximum Gasteiger partial charge on any atom is 0.262 e. The molecule has 2 heterocycles. The van der Waals surface area contributed by atoms with Crippen molar-refractivity contribution in [3.8, 4) is 5.75 Å². The summed E-state index contributed by atoms with van der Waals surface area (Å²) in [7, 11) is 1.62. The van der Waals surface area contributed by atoms with Gasteiger partial charge >= 0.3 is 0 Å². The summed E-state index contributed by atoms with van der Waals surface area (Å²) >= 11 is 1.41. The molecule has 2 aromatic rings. The third-order valence-electron chi connectivity index (χ3n) is 5.47. The Labute approximate surface area is 181 Å². The van der Waals surface area contributed by atoms with Gasteiger partial charge in [0.05, 0.1) is 17.7 Å². The van der Waals surface area contributed by atoms with Gasteiger partial charge in [0.2, 0.25) is 0 Å². The highest BCUT2D eigenvalue weighted by Gasteiger charge is 2.28. The number of likely N-dealkylation sites (tertiary alicyclic amines) is 1. The minimum atomic E-state index is -0.167. The van der Waals surface area contributed by atoms with Crippen LogP contribution in [0, 0.1) is 11.8 Å². The van der Waals surface area contributed by atoms with Crippen molar-refractivity contribution in [2.45, 2.75) is 25.2 Å². The smallest absolute Gasteiger partial charge is 0.262 e. The number of fused-ring (bicyclic) bond motifs is 1. The zero-order valence-corrected chi connectivity index (χ0v) is 18.3. The first-order chi connectivity index (χ1) is 14.4. The van der Waals surface area contributed by atoms with Gasteiger partial charge < -0.3 is 15.0 Å². The minimum absolute atomic E-state index is 0.0353. The molecular formula is C24H26N2O3S. The first-order valence-electron chi connectivity index (χ1n) is 10.2. The molecule has 0 aliphatic carbocycles. The van der Waals surface area contributed by atoms with Gasteiger partial charge in [-0.2, -0.15) is 0 Å². The lowest BCUT2D eigenvalue weighted by molar-refractivity contribution is -0.112. The summed E-state index contributed by atoms with van der Waals surface area (Å²) in [6.07, 6.45) is 3.00. The van der Waals surface area contributed by atoms with E-state index in [1.54, 1.807) is 13.2 Å². The van der Waals surface area contributed by atoms with E-state index >= 15 is 0 Å². The van der Waals surface area contributed by atoms with E-state index in [0.717, 1.165) is 35.7 Å². The van der Waals surface area contributed by atoms with Crippen molar-refractivity contribution in [2.24, 2.45) is 11.8 Å². The van der Waals surface area contributed by atoms with Crippen LogP contribution >= 0.6 is 11.8 Å². The van der Waals surface area contributed by atoms with Gasteiger partial charge in [-0.05, 0) is 60.2 Å². The SMILES string of the molecule is COc1cccc(/C=C2/Sc3ccc(C(=O)N4C[C@@H](C)C[C@H](C)C4)cc3NC2=O)c1. The quantitative estimate of drug-likeness (QED) is 0.715. The number of carbonyl (C=O) groups excluding carboxylic acids is 2. The third kappa shape index (κ3) is 4.38. The van der Waals surface area contributed by atoms with Gasteiger partial charge in [-0.3, -0.25) is 9.59 Å². The summed E-state index contributed by atoms with van der Waals surface area (Å²) in [5.41, 5.74) is 2.21. The number of rotatable bonds is 3. The number of piperidine rings is 1. The molecule has 156 valence electrons. The van der Waals surface area contributed by atoms with Crippen molar-refractivity contribution < 1.29 is 14.3 Å². The number of ether oxygens (including phenoxy) is 1. The molecule has 4 rings (SSSR count). The first kappa shape index (κ1) is 20.5. The lowest BCUT2D eigenvalue weighted by Gasteiger charge is -2.35. The Kier molecular flexibility index (Phi) is 5.86. The molecule has 0 unspecified atom stereocenters. The molecule has 2 aliphatic heterocycles. The van der Waals surface area contributed by atoms with Gasteiger partial charge in [0.25, 0.3) is 11.8 Å². The van der Waals surface area contributed by atoms with E-state index in [2.05, 4.69) is 19.2 Å². The molecule has 0 bridgehead atoms. The number of carbonyl (C=O) groups is 2. The molecule has 6 heteroatoms. The number of hydrogen-bond donors (Lipinski definition) is 1. The minimum Gasteiger partial charge on any atom is -0.497 e. The average Bonchev–Trinajstić information content (AvgIpc) is 2.73. The van der Waals surface area contributed by atoms with Gasteiger partial charge in [0.1, 0.15) is 5.75 Å². The van der Waals surface area contributed by atoms with E-state index in [4.69, 9.17) is 4.74 Å². The second-order valence-electron chi connectivity index (χ2n) is 8.21. The largest absolute Gasteiger partial charge is 0.497 e. The van der Waals surface area contributed by atoms with Crippen molar-refractivity contribution >= 4 is 35.3 Å². The highest BCUT2D eigenvalue weighted by atomic mass is 32.2. The molecule has 30 heavy (non-hydrogen) atoms. The maximum atomic E-state index is 13.0. The Morgan fingerprint density at radius 1 is 1.17 bits per heavy atom.